The van der Waals surface area contributed by atoms with Crippen LogP contribution in [0.1, 0.15) is 29.6 Å². The molecule has 1 aliphatic rings. The van der Waals surface area contributed by atoms with Crippen molar-refractivity contribution in [3.05, 3.63) is 29.8 Å². The van der Waals surface area contributed by atoms with E-state index in [0.29, 0.717) is 23.6 Å². The Balaban J connectivity index is 2.01. The number of anilines is 1. The van der Waals surface area contributed by atoms with Crippen LogP contribution in [0.15, 0.2) is 24.3 Å². The third-order valence-corrected chi connectivity index (χ3v) is 3.77. The van der Waals surface area contributed by atoms with E-state index in [-0.39, 0.29) is 11.8 Å². The predicted molar refractivity (Wildman–Crippen MR) is 83.3 cm³/mol. The normalized spacial score (nSPS) is 15.5. The van der Waals surface area contributed by atoms with E-state index in [1.807, 2.05) is 6.07 Å². The highest BCUT2D eigenvalue weighted by Gasteiger charge is 2.19. The van der Waals surface area contributed by atoms with E-state index in [0.717, 1.165) is 25.9 Å². The number of hydrogen-bond acceptors (Lipinski definition) is 3. The molecule has 0 atom stereocenters. The zero-order chi connectivity index (χ0) is 15.2. The molecule has 1 fully saturated rings. The lowest BCUT2D eigenvalue weighted by Gasteiger charge is -2.22. The highest BCUT2D eigenvalue weighted by Crippen LogP contribution is 2.20. The van der Waals surface area contributed by atoms with E-state index >= 15 is 0 Å². The van der Waals surface area contributed by atoms with Crippen molar-refractivity contribution in [3.8, 4) is 0 Å². The first-order valence-corrected chi connectivity index (χ1v) is 7.39. The van der Waals surface area contributed by atoms with Crippen LogP contribution < -0.4 is 10.6 Å². The number of para-hydroxylation sites is 1. The molecule has 5 nitrogen and oxygen atoms in total. The van der Waals surface area contributed by atoms with E-state index in [9.17, 15) is 9.59 Å². The van der Waals surface area contributed by atoms with E-state index in [1.165, 1.54) is 4.90 Å². The second-order valence-electron chi connectivity index (χ2n) is 5.69. The molecule has 2 N–H and O–H groups in total. The monoisotopic (exact) mass is 289 g/mol. The lowest BCUT2D eigenvalue weighted by Crippen LogP contribution is -2.30. The SMILES string of the molecule is CN(C)C(=O)c1ccccc1NC(=O)CC1CCNCC1. The molecule has 2 rings (SSSR count). The Bertz CT molecular complexity index is 508. The summed E-state index contributed by atoms with van der Waals surface area (Å²) in [7, 11) is 3.41. The second kappa shape index (κ2) is 7.22. The van der Waals surface area contributed by atoms with Gasteiger partial charge in [-0.25, -0.2) is 0 Å². The number of rotatable bonds is 4. The van der Waals surface area contributed by atoms with Gasteiger partial charge in [-0.15, -0.1) is 0 Å². The van der Waals surface area contributed by atoms with Gasteiger partial charge in [-0.1, -0.05) is 12.1 Å². The Morgan fingerprint density at radius 1 is 1.24 bits per heavy atom. The van der Waals surface area contributed by atoms with Gasteiger partial charge >= 0.3 is 0 Å². The first kappa shape index (κ1) is 15.5. The van der Waals surface area contributed by atoms with Crippen molar-refractivity contribution in [2.24, 2.45) is 5.92 Å². The van der Waals surface area contributed by atoms with E-state index in [2.05, 4.69) is 10.6 Å². The van der Waals surface area contributed by atoms with E-state index in [4.69, 9.17) is 0 Å². The third kappa shape index (κ3) is 4.29. The Morgan fingerprint density at radius 2 is 1.90 bits per heavy atom. The maximum absolute atomic E-state index is 12.2. The van der Waals surface area contributed by atoms with Gasteiger partial charge < -0.3 is 15.5 Å². The van der Waals surface area contributed by atoms with Crippen LogP contribution in [0.3, 0.4) is 0 Å². The first-order valence-electron chi connectivity index (χ1n) is 7.39. The molecular weight excluding hydrogens is 266 g/mol. The van der Waals surface area contributed by atoms with E-state index in [1.54, 1.807) is 32.3 Å². The van der Waals surface area contributed by atoms with Crippen LogP contribution in [0.5, 0.6) is 0 Å². The lowest BCUT2D eigenvalue weighted by molar-refractivity contribution is -0.117. The molecule has 1 aromatic carbocycles. The van der Waals surface area contributed by atoms with Gasteiger partial charge in [0.15, 0.2) is 0 Å². The van der Waals surface area contributed by atoms with Gasteiger partial charge in [-0.3, -0.25) is 9.59 Å². The summed E-state index contributed by atoms with van der Waals surface area (Å²) in [5, 5.41) is 6.18. The molecule has 1 aliphatic heterocycles. The molecule has 1 aromatic rings. The average molecular weight is 289 g/mol. The fourth-order valence-electron chi connectivity index (χ4n) is 2.57. The molecule has 1 saturated heterocycles. The number of piperidine rings is 1. The molecule has 114 valence electrons. The molecule has 0 aromatic heterocycles. The summed E-state index contributed by atoms with van der Waals surface area (Å²) in [6.45, 7) is 1.96. The molecule has 0 radical (unpaired) electrons. The summed E-state index contributed by atoms with van der Waals surface area (Å²) in [5.74, 6) is 0.316. The summed E-state index contributed by atoms with van der Waals surface area (Å²) in [6.07, 6.45) is 2.59. The number of benzene rings is 1. The van der Waals surface area contributed by atoms with Crippen molar-refractivity contribution in [3.63, 3.8) is 0 Å². The minimum atomic E-state index is -0.104. The quantitative estimate of drug-likeness (QED) is 0.887. The summed E-state index contributed by atoms with van der Waals surface area (Å²) in [5.41, 5.74) is 1.12. The Kier molecular flexibility index (Phi) is 5.33. The zero-order valence-electron chi connectivity index (χ0n) is 12.7. The second-order valence-corrected chi connectivity index (χ2v) is 5.69. The fraction of sp³-hybridized carbons (Fsp3) is 0.500. The maximum Gasteiger partial charge on any atom is 0.255 e. The van der Waals surface area contributed by atoms with Crippen molar-refractivity contribution >= 4 is 17.5 Å². The van der Waals surface area contributed by atoms with Crippen LogP contribution >= 0.6 is 0 Å². The molecule has 0 unspecified atom stereocenters. The molecule has 5 heteroatoms. The first-order chi connectivity index (χ1) is 10.1. The predicted octanol–water partition coefficient (Wildman–Crippen LogP) is 1.72. The van der Waals surface area contributed by atoms with Crippen LogP contribution in [0, 0.1) is 5.92 Å². The molecule has 0 spiro atoms. The third-order valence-electron chi connectivity index (χ3n) is 3.77. The van der Waals surface area contributed by atoms with Crippen LogP contribution in [0.25, 0.3) is 0 Å². The molecular formula is C16H23N3O2. The van der Waals surface area contributed by atoms with Crippen molar-refractivity contribution in [1.82, 2.24) is 10.2 Å². The summed E-state index contributed by atoms with van der Waals surface area (Å²) >= 11 is 0. The molecule has 0 aliphatic carbocycles. The van der Waals surface area contributed by atoms with Crippen molar-refractivity contribution < 1.29 is 9.59 Å². The topological polar surface area (TPSA) is 61.4 Å². The fourth-order valence-corrected chi connectivity index (χ4v) is 2.57. The molecule has 2 amide bonds. The Labute approximate surface area is 125 Å². The maximum atomic E-state index is 12.2. The number of hydrogen-bond donors (Lipinski definition) is 2. The number of carbonyl (C=O) groups is 2. The zero-order valence-corrected chi connectivity index (χ0v) is 12.7. The van der Waals surface area contributed by atoms with Crippen LogP contribution in [0.2, 0.25) is 0 Å². The van der Waals surface area contributed by atoms with Gasteiger partial charge in [0.1, 0.15) is 0 Å². The van der Waals surface area contributed by atoms with Crippen molar-refractivity contribution in [2.45, 2.75) is 19.3 Å². The van der Waals surface area contributed by atoms with Gasteiger partial charge in [0, 0.05) is 20.5 Å². The standard InChI is InChI=1S/C16H23N3O2/c1-19(2)16(21)13-5-3-4-6-14(13)18-15(20)11-12-7-9-17-10-8-12/h3-6,12,17H,7-11H2,1-2H3,(H,18,20). The van der Waals surface area contributed by atoms with Gasteiger partial charge in [-0.05, 0) is 44.0 Å². The minimum Gasteiger partial charge on any atom is -0.345 e. The highest BCUT2D eigenvalue weighted by molar-refractivity contribution is 6.03. The summed E-state index contributed by atoms with van der Waals surface area (Å²) in [4.78, 5) is 25.8. The van der Waals surface area contributed by atoms with Crippen LogP contribution in [0.4, 0.5) is 5.69 Å². The summed E-state index contributed by atoms with van der Waals surface area (Å²) in [6, 6.07) is 7.14. The molecule has 0 bridgehead atoms. The molecule has 0 saturated carbocycles. The molecule has 1 heterocycles. The van der Waals surface area contributed by atoms with Crippen LogP contribution in [-0.2, 0) is 4.79 Å². The van der Waals surface area contributed by atoms with Crippen molar-refractivity contribution in [1.29, 1.82) is 0 Å². The van der Waals surface area contributed by atoms with Gasteiger partial charge in [-0.2, -0.15) is 0 Å². The minimum absolute atomic E-state index is 0.0130. The Morgan fingerprint density at radius 3 is 2.57 bits per heavy atom. The van der Waals surface area contributed by atoms with Gasteiger partial charge in [0.25, 0.3) is 5.91 Å². The van der Waals surface area contributed by atoms with Crippen molar-refractivity contribution in [2.75, 3.05) is 32.5 Å². The highest BCUT2D eigenvalue weighted by atomic mass is 16.2. The number of amides is 2. The largest absolute Gasteiger partial charge is 0.345 e. The smallest absolute Gasteiger partial charge is 0.255 e. The van der Waals surface area contributed by atoms with E-state index < -0.39 is 0 Å². The van der Waals surface area contributed by atoms with Gasteiger partial charge in [0.2, 0.25) is 5.91 Å². The summed E-state index contributed by atoms with van der Waals surface area (Å²) < 4.78 is 0. The number of carbonyl (C=O) groups excluding carboxylic acids is 2. The number of nitrogens with one attached hydrogen (secondary N) is 2. The number of nitrogens with zero attached hydrogens (tertiary/aromatic N) is 1. The molecule has 21 heavy (non-hydrogen) atoms. The van der Waals surface area contributed by atoms with Crippen LogP contribution in [-0.4, -0.2) is 43.9 Å². The van der Waals surface area contributed by atoms with Gasteiger partial charge in [0.05, 0.1) is 11.3 Å². The Hall–Kier alpha value is -1.88. The lowest BCUT2D eigenvalue weighted by atomic mass is 9.94. The average Bonchev–Trinajstić information content (AvgIpc) is 2.48.